The number of aromatic hydroxyl groups is 1. The topological polar surface area (TPSA) is 99.1 Å². The van der Waals surface area contributed by atoms with Crippen molar-refractivity contribution in [3.8, 4) is 23.0 Å². The molecule has 0 saturated heterocycles. The summed E-state index contributed by atoms with van der Waals surface area (Å²) in [5.41, 5.74) is 0.968. The summed E-state index contributed by atoms with van der Waals surface area (Å²) < 4.78 is 41.2. The number of carbonyl (C=O) groups excluding carboxylic acids is 1. The number of phenols is 1. The van der Waals surface area contributed by atoms with Crippen molar-refractivity contribution in [1.82, 2.24) is 0 Å². The minimum absolute atomic E-state index is 0.0232. The molecule has 0 unspecified atom stereocenters. The molecule has 1 N–H and O–H groups in total. The Morgan fingerprint density at radius 1 is 0.969 bits per heavy atom. The molecule has 0 amide bonds. The summed E-state index contributed by atoms with van der Waals surface area (Å²) in [5, 5.41) is 9.33. The van der Waals surface area contributed by atoms with Crippen LogP contribution in [0.1, 0.15) is 5.56 Å². The maximum atomic E-state index is 12.6. The molecule has 0 fully saturated rings. The van der Waals surface area contributed by atoms with Gasteiger partial charge in [-0.15, -0.1) is 6.58 Å². The van der Waals surface area contributed by atoms with E-state index < -0.39 is 15.8 Å². The maximum Gasteiger partial charge on any atom is 0.349 e. The molecular formula is C24H22O7S. The fourth-order valence-electron chi connectivity index (χ4n) is 2.86. The summed E-state index contributed by atoms with van der Waals surface area (Å²) in [6, 6.07) is 16.1. The zero-order chi connectivity index (χ0) is 23.1. The van der Waals surface area contributed by atoms with Gasteiger partial charge < -0.3 is 19.3 Å². The molecule has 166 valence electrons. The van der Waals surface area contributed by atoms with Crippen molar-refractivity contribution in [3.63, 3.8) is 0 Å². The molecular weight excluding hydrogens is 432 g/mol. The molecule has 0 saturated carbocycles. The van der Waals surface area contributed by atoms with Gasteiger partial charge in [-0.25, -0.2) is 13.2 Å². The minimum atomic E-state index is -3.74. The highest BCUT2D eigenvalue weighted by Gasteiger charge is 2.18. The third kappa shape index (κ3) is 5.47. The van der Waals surface area contributed by atoms with E-state index in [1.165, 1.54) is 55.6 Å². The average molecular weight is 455 g/mol. The van der Waals surface area contributed by atoms with Crippen LogP contribution in [0.2, 0.25) is 0 Å². The molecule has 32 heavy (non-hydrogen) atoms. The SMILES string of the molecule is C=CCc1ccc(OC(=O)COc2ccc(S(=O)(=O)c3ccc(O)cc3)cc2)c(OC)c1. The molecule has 3 aromatic rings. The second kappa shape index (κ2) is 10.0. The third-order valence-corrected chi connectivity index (χ3v) is 6.26. The number of phenolic OH excluding ortho intramolecular Hbond substituents is 1. The third-order valence-electron chi connectivity index (χ3n) is 4.47. The van der Waals surface area contributed by atoms with E-state index in [2.05, 4.69) is 6.58 Å². The predicted molar refractivity (Wildman–Crippen MR) is 118 cm³/mol. The Labute approximate surface area is 186 Å². The van der Waals surface area contributed by atoms with E-state index in [0.717, 1.165) is 5.56 Å². The van der Waals surface area contributed by atoms with Crippen molar-refractivity contribution in [3.05, 3.63) is 84.9 Å². The Morgan fingerprint density at radius 2 is 1.59 bits per heavy atom. The van der Waals surface area contributed by atoms with Crippen LogP contribution in [0.4, 0.5) is 0 Å². The average Bonchev–Trinajstić information content (AvgIpc) is 2.79. The van der Waals surface area contributed by atoms with E-state index >= 15 is 0 Å². The second-order valence-corrected chi connectivity index (χ2v) is 8.66. The number of ether oxygens (including phenoxy) is 3. The van der Waals surface area contributed by atoms with Gasteiger partial charge in [0.1, 0.15) is 11.5 Å². The number of esters is 1. The van der Waals surface area contributed by atoms with Crippen molar-refractivity contribution < 1.29 is 32.5 Å². The highest BCUT2D eigenvalue weighted by Crippen LogP contribution is 2.29. The van der Waals surface area contributed by atoms with Crippen LogP contribution in [0.25, 0.3) is 0 Å². The molecule has 0 aliphatic heterocycles. The van der Waals surface area contributed by atoms with Crippen molar-refractivity contribution in [2.75, 3.05) is 13.7 Å². The molecule has 0 heterocycles. The van der Waals surface area contributed by atoms with Gasteiger partial charge in [0.2, 0.25) is 9.84 Å². The van der Waals surface area contributed by atoms with Gasteiger partial charge in [-0.1, -0.05) is 12.1 Å². The van der Waals surface area contributed by atoms with Gasteiger partial charge in [0.25, 0.3) is 0 Å². The first-order valence-electron chi connectivity index (χ1n) is 9.59. The molecule has 0 aliphatic carbocycles. The van der Waals surface area contributed by atoms with E-state index in [1.807, 2.05) is 0 Å². The van der Waals surface area contributed by atoms with Gasteiger partial charge in [0.15, 0.2) is 18.1 Å². The van der Waals surface area contributed by atoms with Crippen molar-refractivity contribution in [2.45, 2.75) is 16.2 Å². The van der Waals surface area contributed by atoms with Crippen LogP contribution >= 0.6 is 0 Å². The molecule has 0 spiro atoms. The molecule has 7 nitrogen and oxygen atoms in total. The van der Waals surface area contributed by atoms with Gasteiger partial charge in [0.05, 0.1) is 16.9 Å². The molecule has 8 heteroatoms. The predicted octanol–water partition coefficient (Wildman–Crippen LogP) is 3.95. The number of rotatable bonds is 9. The van der Waals surface area contributed by atoms with Crippen LogP contribution in [0.3, 0.4) is 0 Å². The Bertz CT molecular complexity index is 1200. The lowest BCUT2D eigenvalue weighted by molar-refractivity contribution is -0.136. The number of benzene rings is 3. The van der Waals surface area contributed by atoms with Crippen molar-refractivity contribution >= 4 is 15.8 Å². The van der Waals surface area contributed by atoms with Crippen LogP contribution in [0, 0.1) is 0 Å². The molecule has 3 rings (SSSR count). The first-order valence-corrected chi connectivity index (χ1v) is 11.1. The fourth-order valence-corrected chi connectivity index (χ4v) is 4.12. The lowest BCUT2D eigenvalue weighted by atomic mass is 10.1. The van der Waals surface area contributed by atoms with E-state index in [0.29, 0.717) is 17.9 Å². The van der Waals surface area contributed by atoms with Gasteiger partial charge in [-0.2, -0.15) is 0 Å². The highest BCUT2D eigenvalue weighted by molar-refractivity contribution is 7.91. The van der Waals surface area contributed by atoms with E-state index in [4.69, 9.17) is 14.2 Å². The number of hydrogen-bond donors (Lipinski definition) is 1. The van der Waals surface area contributed by atoms with Crippen LogP contribution in [-0.4, -0.2) is 33.2 Å². The lowest BCUT2D eigenvalue weighted by Crippen LogP contribution is -2.18. The van der Waals surface area contributed by atoms with Gasteiger partial charge in [0, 0.05) is 0 Å². The Morgan fingerprint density at radius 3 is 2.19 bits per heavy atom. The van der Waals surface area contributed by atoms with Gasteiger partial charge in [-0.3, -0.25) is 0 Å². The molecule has 0 atom stereocenters. The van der Waals surface area contributed by atoms with Crippen LogP contribution in [0.15, 0.2) is 89.2 Å². The van der Waals surface area contributed by atoms with E-state index in [1.54, 1.807) is 24.3 Å². The number of carbonyl (C=O) groups is 1. The molecule has 0 radical (unpaired) electrons. The molecule has 0 aromatic heterocycles. The van der Waals surface area contributed by atoms with Crippen LogP contribution in [0.5, 0.6) is 23.0 Å². The van der Waals surface area contributed by atoms with E-state index in [9.17, 15) is 18.3 Å². The summed E-state index contributed by atoms with van der Waals surface area (Å²) in [6.45, 7) is 3.31. The Kier molecular flexibility index (Phi) is 7.17. The summed E-state index contributed by atoms with van der Waals surface area (Å²) in [4.78, 5) is 12.3. The van der Waals surface area contributed by atoms with Gasteiger partial charge >= 0.3 is 5.97 Å². The van der Waals surface area contributed by atoms with Gasteiger partial charge in [-0.05, 0) is 72.6 Å². The zero-order valence-corrected chi connectivity index (χ0v) is 18.2. The molecule has 0 bridgehead atoms. The number of hydrogen-bond acceptors (Lipinski definition) is 7. The molecule has 3 aromatic carbocycles. The maximum absolute atomic E-state index is 12.6. The quantitative estimate of drug-likeness (QED) is 0.297. The summed E-state index contributed by atoms with van der Waals surface area (Å²) in [6.07, 6.45) is 2.42. The smallest absolute Gasteiger partial charge is 0.349 e. The molecule has 0 aliphatic rings. The Hall–Kier alpha value is -3.78. The standard InChI is InChI=1S/C24H22O7S/c1-3-4-17-5-14-22(23(15-17)29-2)31-24(26)16-30-19-8-12-21(13-9-19)32(27,28)20-10-6-18(25)7-11-20/h3,5-15,25H,1,4,16H2,2H3. The van der Waals surface area contributed by atoms with Crippen LogP contribution < -0.4 is 14.2 Å². The number of methoxy groups -OCH3 is 1. The second-order valence-electron chi connectivity index (χ2n) is 6.71. The lowest BCUT2D eigenvalue weighted by Gasteiger charge is -2.11. The number of allylic oxidation sites excluding steroid dienone is 1. The first kappa shape index (κ1) is 22.9. The zero-order valence-electron chi connectivity index (χ0n) is 17.4. The summed E-state index contributed by atoms with van der Waals surface area (Å²) in [7, 11) is -2.26. The van der Waals surface area contributed by atoms with Crippen molar-refractivity contribution in [1.29, 1.82) is 0 Å². The van der Waals surface area contributed by atoms with Crippen molar-refractivity contribution in [2.24, 2.45) is 0 Å². The fraction of sp³-hybridized carbons (Fsp3) is 0.125. The summed E-state index contributed by atoms with van der Waals surface area (Å²) >= 11 is 0. The summed E-state index contributed by atoms with van der Waals surface area (Å²) in [5.74, 6) is 0.330. The minimum Gasteiger partial charge on any atom is -0.508 e. The first-order chi connectivity index (χ1) is 15.3. The Balaban J connectivity index is 1.62. The normalized spacial score (nSPS) is 10.9. The largest absolute Gasteiger partial charge is 0.508 e. The van der Waals surface area contributed by atoms with Crippen LogP contribution in [-0.2, 0) is 21.1 Å². The highest BCUT2D eigenvalue weighted by atomic mass is 32.2. The number of sulfone groups is 1. The monoisotopic (exact) mass is 454 g/mol. The van der Waals surface area contributed by atoms with E-state index in [-0.39, 0.29) is 27.9 Å².